The molecule has 0 N–H and O–H groups in total. The summed E-state index contributed by atoms with van der Waals surface area (Å²) in [5, 5.41) is 9.88. The smallest absolute Gasteiger partial charge is 0.164 e. The van der Waals surface area contributed by atoms with Gasteiger partial charge in [-0.3, -0.25) is 4.98 Å². The molecule has 0 aliphatic heterocycles. The first-order valence-corrected chi connectivity index (χ1v) is 24.4. The van der Waals surface area contributed by atoms with Gasteiger partial charge in [0.2, 0.25) is 0 Å². The summed E-state index contributed by atoms with van der Waals surface area (Å²) in [6, 6.07) is 82.0. The maximum absolute atomic E-state index is 9.88. The van der Waals surface area contributed by atoms with Gasteiger partial charge in [0.25, 0.3) is 0 Å². The van der Waals surface area contributed by atoms with E-state index in [0.29, 0.717) is 23.0 Å². The molecule has 72 heavy (non-hydrogen) atoms. The molecule has 0 saturated heterocycles. The molecular formula is C67H45N5. The second-order valence-electron chi connectivity index (χ2n) is 19.3. The first-order chi connectivity index (χ1) is 35.4. The van der Waals surface area contributed by atoms with Crippen LogP contribution in [0.2, 0.25) is 0 Å². The molecule has 0 saturated carbocycles. The van der Waals surface area contributed by atoms with Gasteiger partial charge in [-0.05, 0) is 138 Å². The van der Waals surface area contributed by atoms with E-state index in [4.69, 9.17) is 19.9 Å². The number of pyridine rings is 1. The minimum atomic E-state index is -0.617. The zero-order valence-electron chi connectivity index (χ0n) is 39.8. The molecule has 11 aromatic rings. The number of fused-ring (bicyclic) bond motifs is 6. The average Bonchev–Trinajstić information content (AvgIpc) is 3.88. The topological polar surface area (TPSA) is 75.3 Å². The lowest BCUT2D eigenvalue weighted by atomic mass is 9.68. The van der Waals surface area contributed by atoms with Crippen molar-refractivity contribution in [2.75, 3.05) is 0 Å². The third-order valence-corrected chi connectivity index (χ3v) is 14.9. The van der Waals surface area contributed by atoms with E-state index in [0.717, 1.165) is 55.6 Å². The van der Waals surface area contributed by atoms with Crippen molar-refractivity contribution in [3.8, 4) is 95.9 Å². The predicted octanol–water partition coefficient (Wildman–Crippen LogP) is 15.8. The van der Waals surface area contributed by atoms with Crippen molar-refractivity contribution >= 4 is 0 Å². The molecular weight excluding hydrogens is 875 g/mol. The summed E-state index contributed by atoms with van der Waals surface area (Å²) in [6.07, 6.45) is 3.88. The molecule has 0 amide bonds. The molecule has 1 unspecified atom stereocenters. The van der Waals surface area contributed by atoms with Crippen LogP contribution in [0.3, 0.4) is 0 Å². The monoisotopic (exact) mass is 919 g/mol. The number of hydrogen-bond donors (Lipinski definition) is 0. The summed E-state index contributed by atoms with van der Waals surface area (Å²) in [7, 11) is 0. The standard InChI is InChI=1S/C67H45N5/c1-66(2)60-35-43(41-68)24-31-56(60)57-32-29-48(39-61(57)66)50-36-51(49-30-33-58-55-22-12-13-23-59(55)67(62(58)40-49,53-19-10-5-11-20-53)54-21-14-34-69-42-54)38-52(37-50)65-71-63(46-17-8-4-9-18-46)70-64(72-65)47-27-25-45(26-28-47)44-15-6-3-7-16-44/h3-40,42H,1-2H3. The number of nitrogens with zero attached hydrogens (tertiary/aromatic N) is 5. The van der Waals surface area contributed by atoms with Gasteiger partial charge in [-0.1, -0.05) is 190 Å². The molecule has 2 aliphatic carbocycles. The maximum Gasteiger partial charge on any atom is 0.164 e. The van der Waals surface area contributed by atoms with Crippen LogP contribution in [0.4, 0.5) is 0 Å². The van der Waals surface area contributed by atoms with Crippen molar-refractivity contribution in [2.24, 2.45) is 0 Å². The quantitative estimate of drug-likeness (QED) is 0.152. The number of benzene rings is 9. The summed E-state index contributed by atoms with van der Waals surface area (Å²) < 4.78 is 0. The fraction of sp³-hybridized carbons (Fsp3) is 0.0597. The van der Waals surface area contributed by atoms with Crippen LogP contribution in [0.15, 0.2) is 237 Å². The summed E-state index contributed by atoms with van der Waals surface area (Å²) in [5.41, 5.74) is 20.8. The van der Waals surface area contributed by atoms with Gasteiger partial charge in [-0.15, -0.1) is 0 Å². The molecule has 1 atom stereocenters. The van der Waals surface area contributed by atoms with Crippen molar-refractivity contribution in [2.45, 2.75) is 24.7 Å². The fourth-order valence-electron chi connectivity index (χ4n) is 11.4. The van der Waals surface area contributed by atoms with Gasteiger partial charge < -0.3 is 0 Å². The predicted molar refractivity (Wildman–Crippen MR) is 290 cm³/mol. The van der Waals surface area contributed by atoms with Crippen LogP contribution in [-0.2, 0) is 10.8 Å². The van der Waals surface area contributed by atoms with Crippen molar-refractivity contribution in [3.63, 3.8) is 0 Å². The number of nitriles is 1. The van der Waals surface area contributed by atoms with Gasteiger partial charge in [0.15, 0.2) is 17.5 Å². The van der Waals surface area contributed by atoms with Crippen molar-refractivity contribution in [3.05, 3.63) is 276 Å². The van der Waals surface area contributed by atoms with Gasteiger partial charge in [-0.2, -0.15) is 5.26 Å². The normalized spacial score (nSPS) is 14.7. The SMILES string of the molecule is CC1(C)c2cc(C#N)ccc2-c2ccc(-c3cc(-c4ccc5c(c4)C(c4ccccc4)(c4cccnc4)c4ccccc4-5)cc(-c4nc(-c5ccccc5)nc(-c5ccc(-c6ccccc6)cc5)n4)c3)cc21. The number of aromatic nitrogens is 4. The molecule has 0 bridgehead atoms. The van der Waals surface area contributed by atoms with Crippen molar-refractivity contribution < 1.29 is 0 Å². The van der Waals surface area contributed by atoms with Gasteiger partial charge in [0, 0.05) is 34.5 Å². The Hall–Kier alpha value is -9.37. The Labute approximate surface area is 419 Å². The third kappa shape index (κ3) is 6.91. The summed E-state index contributed by atoms with van der Waals surface area (Å²) in [4.78, 5) is 20.5. The summed E-state index contributed by atoms with van der Waals surface area (Å²) in [5.74, 6) is 1.77. The van der Waals surface area contributed by atoms with Crippen LogP contribution in [0.1, 0.15) is 52.8 Å². The van der Waals surface area contributed by atoms with Crippen LogP contribution in [0.25, 0.3) is 89.8 Å². The second-order valence-corrected chi connectivity index (χ2v) is 19.3. The largest absolute Gasteiger partial charge is 0.264 e. The molecule has 5 nitrogen and oxygen atoms in total. The van der Waals surface area contributed by atoms with E-state index in [1.165, 1.54) is 50.1 Å². The van der Waals surface area contributed by atoms with Gasteiger partial charge in [0.05, 0.1) is 17.0 Å². The molecule has 0 fully saturated rings. The Morgan fingerprint density at radius 1 is 0.347 bits per heavy atom. The minimum absolute atomic E-state index is 0.320. The minimum Gasteiger partial charge on any atom is -0.264 e. The maximum atomic E-state index is 9.88. The van der Waals surface area contributed by atoms with Crippen LogP contribution in [0.5, 0.6) is 0 Å². The summed E-state index contributed by atoms with van der Waals surface area (Å²) >= 11 is 0. The van der Waals surface area contributed by atoms with Gasteiger partial charge >= 0.3 is 0 Å². The fourth-order valence-corrected chi connectivity index (χ4v) is 11.4. The first-order valence-electron chi connectivity index (χ1n) is 24.4. The van der Waals surface area contributed by atoms with E-state index in [1.54, 1.807) is 0 Å². The lowest BCUT2D eigenvalue weighted by molar-refractivity contribution is 0.660. The van der Waals surface area contributed by atoms with Gasteiger partial charge in [-0.25, -0.2) is 15.0 Å². The Bertz CT molecular complexity index is 3890. The van der Waals surface area contributed by atoms with E-state index >= 15 is 0 Å². The first kappa shape index (κ1) is 42.7. The van der Waals surface area contributed by atoms with E-state index < -0.39 is 5.41 Å². The van der Waals surface area contributed by atoms with E-state index in [-0.39, 0.29) is 5.41 Å². The molecule has 2 aromatic heterocycles. The number of rotatable bonds is 8. The molecule has 2 aliphatic rings. The Morgan fingerprint density at radius 2 is 0.806 bits per heavy atom. The highest BCUT2D eigenvalue weighted by atomic mass is 15.0. The van der Waals surface area contributed by atoms with Gasteiger partial charge in [0.1, 0.15) is 0 Å². The second kappa shape index (κ2) is 16.9. The highest BCUT2D eigenvalue weighted by Crippen LogP contribution is 2.57. The zero-order valence-corrected chi connectivity index (χ0v) is 39.8. The molecule has 2 heterocycles. The average molecular weight is 920 g/mol. The lowest BCUT2D eigenvalue weighted by Crippen LogP contribution is -2.28. The molecule has 338 valence electrons. The van der Waals surface area contributed by atoms with Crippen molar-refractivity contribution in [1.29, 1.82) is 5.26 Å². The molecule has 5 heteroatoms. The highest BCUT2D eigenvalue weighted by Gasteiger charge is 2.46. The molecule has 0 radical (unpaired) electrons. The highest BCUT2D eigenvalue weighted by molar-refractivity contribution is 5.91. The Morgan fingerprint density at radius 3 is 1.44 bits per heavy atom. The van der Waals surface area contributed by atoms with E-state index in [2.05, 4.69) is 208 Å². The lowest BCUT2D eigenvalue weighted by Gasteiger charge is -2.33. The molecule has 9 aromatic carbocycles. The third-order valence-electron chi connectivity index (χ3n) is 14.9. The van der Waals surface area contributed by atoms with Crippen molar-refractivity contribution in [1.82, 2.24) is 19.9 Å². The zero-order chi connectivity index (χ0) is 48.4. The number of hydrogen-bond acceptors (Lipinski definition) is 5. The van der Waals surface area contributed by atoms with Crippen LogP contribution in [0, 0.1) is 11.3 Å². The van der Waals surface area contributed by atoms with Crippen LogP contribution >= 0.6 is 0 Å². The van der Waals surface area contributed by atoms with E-state index in [9.17, 15) is 5.26 Å². The Kier molecular flexibility index (Phi) is 10.1. The molecule has 0 spiro atoms. The van der Waals surface area contributed by atoms with Crippen LogP contribution in [-0.4, -0.2) is 19.9 Å². The van der Waals surface area contributed by atoms with Crippen LogP contribution < -0.4 is 0 Å². The summed E-state index contributed by atoms with van der Waals surface area (Å²) in [6.45, 7) is 4.52. The van der Waals surface area contributed by atoms with E-state index in [1.807, 2.05) is 48.8 Å². The molecule has 13 rings (SSSR count). The Balaban J connectivity index is 1.03.